The van der Waals surface area contributed by atoms with Crippen molar-refractivity contribution in [1.29, 1.82) is 0 Å². The van der Waals surface area contributed by atoms with Gasteiger partial charge in [0.15, 0.2) is 0 Å². The van der Waals surface area contributed by atoms with E-state index in [0.717, 1.165) is 16.5 Å². The summed E-state index contributed by atoms with van der Waals surface area (Å²) in [6, 6.07) is 11.5. The lowest BCUT2D eigenvalue weighted by atomic mass is 10.0. The molecule has 0 amide bonds. The Morgan fingerprint density at radius 2 is 1.96 bits per heavy atom. The Hall–Kier alpha value is -2.82. The zero-order valence-corrected chi connectivity index (χ0v) is 12.6. The molecule has 4 nitrogen and oxygen atoms in total. The molecule has 2 aromatic carbocycles. The van der Waals surface area contributed by atoms with Gasteiger partial charge in [-0.2, -0.15) is 0 Å². The maximum Gasteiger partial charge on any atom is 0.307 e. The first-order valence-electron chi connectivity index (χ1n) is 7.33. The molecular weight excluding hydrogens is 297 g/mol. The molecule has 0 fully saturated rings. The van der Waals surface area contributed by atoms with Crippen molar-refractivity contribution in [3.63, 3.8) is 0 Å². The van der Waals surface area contributed by atoms with Crippen molar-refractivity contribution in [2.45, 2.75) is 13.3 Å². The van der Waals surface area contributed by atoms with E-state index in [4.69, 9.17) is 4.74 Å². The van der Waals surface area contributed by atoms with Crippen molar-refractivity contribution in [3.05, 3.63) is 53.8 Å². The Labute approximate surface area is 132 Å². The summed E-state index contributed by atoms with van der Waals surface area (Å²) in [4.78, 5) is 14.5. The Kier molecular flexibility index (Phi) is 4.02. The summed E-state index contributed by atoms with van der Waals surface area (Å²) in [6.07, 6.45) is -0.123. The summed E-state index contributed by atoms with van der Waals surface area (Å²) in [5.74, 6) is -0.560. The summed E-state index contributed by atoms with van der Waals surface area (Å²) in [5.41, 5.74) is 2.93. The monoisotopic (exact) mass is 313 g/mol. The van der Waals surface area contributed by atoms with Crippen LogP contribution in [0.5, 0.6) is 5.75 Å². The fraction of sp³-hybridized carbons (Fsp3) is 0.167. The molecule has 3 aromatic rings. The van der Waals surface area contributed by atoms with E-state index in [-0.39, 0.29) is 12.2 Å². The maximum atomic E-state index is 13.1. The van der Waals surface area contributed by atoms with Gasteiger partial charge < -0.3 is 14.8 Å². The Bertz CT molecular complexity index is 853. The second-order valence-corrected chi connectivity index (χ2v) is 5.20. The van der Waals surface area contributed by atoms with Gasteiger partial charge >= 0.3 is 5.97 Å². The number of benzene rings is 2. The summed E-state index contributed by atoms with van der Waals surface area (Å²) in [6.45, 7) is 2.43. The number of carboxylic acid groups (broad SMARTS) is 1. The third-order valence-electron chi connectivity index (χ3n) is 3.65. The number of ether oxygens (including phenoxy) is 1. The van der Waals surface area contributed by atoms with Crippen LogP contribution in [-0.4, -0.2) is 22.7 Å². The van der Waals surface area contributed by atoms with E-state index in [1.165, 1.54) is 12.1 Å². The van der Waals surface area contributed by atoms with Crippen LogP contribution in [0.15, 0.2) is 42.5 Å². The lowest BCUT2D eigenvalue weighted by Gasteiger charge is -2.04. The minimum absolute atomic E-state index is 0.123. The number of rotatable bonds is 5. The first-order chi connectivity index (χ1) is 11.1. The third kappa shape index (κ3) is 3.04. The summed E-state index contributed by atoms with van der Waals surface area (Å²) in [5, 5.41) is 10.0. The summed E-state index contributed by atoms with van der Waals surface area (Å²) >= 11 is 0. The van der Waals surface area contributed by atoms with Crippen LogP contribution in [0.1, 0.15) is 12.5 Å². The predicted octanol–water partition coefficient (Wildman–Crippen LogP) is 4.00. The van der Waals surface area contributed by atoms with Gasteiger partial charge in [0.25, 0.3) is 0 Å². The first-order valence-corrected chi connectivity index (χ1v) is 7.33. The fourth-order valence-corrected chi connectivity index (χ4v) is 2.68. The molecule has 0 aliphatic rings. The van der Waals surface area contributed by atoms with Crippen LogP contribution < -0.4 is 4.74 Å². The molecule has 23 heavy (non-hydrogen) atoms. The zero-order chi connectivity index (χ0) is 16.4. The van der Waals surface area contributed by atoms with Crippen molar-refractivity contribution in [2.24, 2.45) is 0 Å². The van der Waals surface area contributed by atoms with Crippen LogP contribution in [0, 0.1) is 5.82 Å². The van der Waals surface area contributed by atoms with Gasteiger partial charge in [0.05, 0.1) is 18.7 Å². The third-order valence-corrected chi connectivity index (χ3v) is 3.65. The predicted molar refractivity (Wildman–Crippen MR) is 86.2 cm³/mol. The fourth-order valence-electron chi connectivity index (χ4n) is 2.68. The van der Waals surface area contributed by atoms with Gasteiger partial charge in [0.2, 0.25) is 0 Å². The summed E-state index contributed by atoms with van der Waals surface area (Å²) < 4.78 is 18.6. The number of carboxylic acids is 1. The van der Waals surface area contributed by atoms with Gasteiger partial charge in [-0.1, -0.05) is 0 Å². The van der Waals surface area contributed by atoms with Crippen molar-refractivity contribution in [2.75, 3.05) is 6.61 Å². The SMILES string of the molecule is CCOc1ccc2[nH]c(-c3ccc(F)cc3)c(CC(=O)O)c2c1. The minimum atomic E-state index is -0.920. The highest BCUT2D eigenvalue weighted by Gasteiger charge is 2.16. The molecule has 3 rings (SSSR count). The van der Waals surface area contributed by atoms with E-state index in [2.05, 4.69) is 4.98 Å². The molecule has 0 unspecified atom stereocenters. The van der Waals surface area contributed by atoms with Crippen LogP contribution >= 0.6 is 0 Å². The second kappa shape index (κ2) is 6.12. The number of hydrogen-bond donors (Lipinski definition) is 2. The number of aliphatic carboxylic acids is 1. The Morgan fingerprint density at radius 3 is 2.61 bits per heavy atom. The normalized spacial score (nSPS) is 10.9. The highest BCUT2D eigenvalue weighted by Crippen LogP contribution is 2.33. The largest absolute Gasteiger partial charge is 0.494 e. The number of halogens is 1. The van der Waals surface area contributed by atoms with Crippen LogP contribution in [0.25, 0.3) is 22.2 Å². The second-order valence-electron chi connectivity index (χ2n) is 5.20. The quantitative estimate of drug-likeness (QED) is 0.748. The maximum absolute atomic E-state index is 13.1. The average molecular weight is 313 g/mol. The molecule has 1 heterocycles. The van der Waals surface area contributed by atoms with Gasteiger partial charge in [0, 0.05) is 10.9 Å². The van der Waals surface area contributed by atoms with E-state index in [1.807, 2.05) is 25.1 Å². The number of nitrogens with one attached hydrogen (secondary N) is 1. The van der Waals surface area contributed by atoms with Gasteiger partial charge in [-0.15, -0.1) is 0 Å². The molecule has 0 saturated carbocycles. The molecule has 0 spiro atoms. The van der Waals surface area contributed by atoms with Crippen LogP contribution in [0.3, 0.4) is 0 Å². The molecule has 0 aliphatic heterocycles. The van der Waals surface area contributed by atoms with Crippen molar-refractivity contribution in [3.8, 4) is 17.0 Å². The number of aromatic amines is 1. The zero-order valence-electron chi connectivity index (χ0n) is 12.6. The molecule has 2 N–H and O–H groups in total. The molecule has 1 aromatic heterocycles. The Morgan fingerprint density at radius 1 is 1.22 bits per heavy atom. The standard InChI is InChI=1S/C18H16FNO3/c1-2-23-13-7-8-16-14(9-13)15(10-17(21)22)18(20-16)11-3-5-12(19)6-4-11/h3-9,20H,2,10H2,1H3,(H,21,22). The van der Waals surface area contributed by atoms with Crippen molar-refractivity contribution >= 4 is 16.9 Å². The van der Waals surface area contributed by atoms with Crippen LogP contribution in [-0.2, 0) is 11.2 Å². The molecular formula is C18H16FNO3. The van der Waals surface area contributed by atoms with Crippen molar-refractivity contribution < 1.29 is 19.0 Å². The van der Waals surface area contributed by atoms with Gasteiger partial charge in [-0.25, -0.2) is 4.39 Å². The van der Waals surface area contributed by atoms with E-state index in [1.54, 1.807) is 12.1 Å². The van der Waals surface area contributed by atoms with E-state index < -0.39 is 5.97 Å². The number of carbonyl (C=O) groups is 1. The van der Waals surface area contributed by atoms with Gasteiger partial charge in [0.1, 0.15) is 11.6 Å². The van der Waals surface area contributed by atoms with Crippen LogP contribution in [0.4, 0.5) is 4.39 Å². The van der Waals surface area contributed by atoms with E-state index in [0.29, 0.717) is 23.6 Å². The smallest absolute Gasteiger partial charge is 0.307 e. The lowest BCUT2D eigenvalue weighted by Crippen LogP contribution is -2.01. The van der Waals surface area contributed by atoms with Crippen molar-refractivity contribution in [1.82, 2.24) is 4.98 Å². The number of hydrogen-bond acceptors (Lipinski definition) is 2. The highest BCUT2D eigenvalue weighted by molar-refractivity contribution is 5.94. The number of aromatic nitrogens is 1. The number of fused-ring (bicyclic) bond motifs is 1. The van der Waals surface area contributed by atoms with E-state index in [9.17, 15) is 14.3 Å². The molecule has 0 radical (unpaired) electrons. The first kappa shape index (κ1) is 15.1. The summed E-state index contributed by atoms with van der Waals surface area (Å²) in [7, 11) is 0. The average Bonchev–Trinajstić information content (AvgIpc) is 2.86. The van der Waals surface area contributed by atoms with Gasteiger partial charge in [-0.05, 0) is 60.5 Å². The Balaban J connectivity index is 2.19. The topological polar surface area (TPSA) is 62.3 Å². The molecule has 0 bridgehead atoms. The van der Waals surface area contributed by atoms with Crippen LogP contribution in [0.2, 0.25) is 0 Å². The molecule has 0 saturated heterocycles. The number of H-pyrrole nitrogens is 1. The minimum Gasteiger partial charge on any atom is -0.494 e. The lowest BCUT2D eigenvalue weighted by molar-refractivity contribution is -0.136. The molecule has 118 valence electrons. The molecule has 5 heteroatoms. The van der Waals surface area contributed by atoms with E-state index >= 15 is 0 Å². The highest BCUT2D eigenvalue weighted by atomic mass is 19.1. The van der Waals surface area contributed by atoms with Gasteiger partial charge in [-0.3, -0.25) is 4.79 Å². The molecule has 0 aliphatic carbocycles. The molecule has 0 atom stereocenters.